The SMILES string of the molecule is CC/C=C\C/C=C\C/C=C\C/C=C\C/C=C\CC(=O)OC(COC(=O)CCCCCCCCCCCCCCCCCCCCCCCCCCCCCCCCCCCC)COC(OCC[N+](C)(C)C)C(=O)O. The molecule has 2 atom stereocenters. The zero-order valence-corrected chi connectivity index (χ0v) is 49.0. The van der Waals surface area contributed by atoms with Gasteiger partial charge in [-0.25, -0.2) is 4.79 Å². The standard InChI is InChI=1S/C65H117NO8/c1-6-8-10-12-14-16-18-20-22-23-24-25-26-27-28-29-30-31-32-33-34-35-36-37-38-39-40-42-43-45-47-49-51-53-55-62(67)72-59-61(60-73-65(64(69)70)71-58-57-66(3,4)5)74-63(68)56-54-52-50-48-46-44-41-21-19-17-15-13-11-9-7-2/h9,11,15,17,21,41,46,48,52,54,61,65H,6-8,10,12-14,16,18-20,22-40,42-45,47,49-51,53,55-60H2,1-5H3/p+1/b11-9-,17-15-,41-21-,48-46-,54-52-. The predicted molar refractivity (Wildman–Crippen MR) is 313 cm³/mol. The van der Waals surface area contributed by atoms with Gasteiger partial charge in [0, 0.05) is 6.42 Å². The number of unbranched alkanes of at least 4 members (excludes halogenated alkanes) is 33. The van der Waals surface area contributed by atoms with Gasteiger partial charge in [-0.05, 0) is 38.5 Å². The third-order valence-electron chi connectivity index (χ3n) is 13.6. The number of carbonyl (C=O) groups is 3. The van der Waals surface area contributed by atoms with Crippen LogP contribution < -0.4 is 0 Å². The number of aliphatic carboxylic acids is 1. The lowest BCUT2D eigenvalue weighted by Crippen LogP contribution is -2.40. The van der Waals surface area contributed by atoms with Crippen molar-refractivity contribution >= 4 is 17.9 Å². The second-order valence-corrected chi connectivity index (χ2v) is 22.0. The van der Waals surface area contributed by atoms with E-state index in [0.29, 0.717) is 17.4 Å². The van der Waals surface area contributed by atoms with E-state index in [1.807, 2.05) is 33.3 Å². The first-order valence-electron chi connectivity index (χ1n) is 31.0. The molecular formula is C65H118NO8+. The molecule has 2 unspecified atom stereocenters. The quantitative estimate of drug-likeness (QED) is 0.0211. The third kappa shape index (κ3) is 56.7. The van der Waals surface area contributed by atoms with Gasteiger partial charge >= 0.3 is 17.9 Å². The Kier molecular flexibility index (Phi) is 53.9. The molecule has 9 heteroatoms. The molecule has 0 aromatic carbocycles. The highest BCUT2D eigenvalue weighted by Gasteiger charge is 2.25. The van der Waals surface area contributed by atoms with Gasteiger partial charge in [-0.3, -0.25) is 9.59 Å². The summed E-state index contributed by atoms with van der Waals surface area (Å²) in [5, 5.41) is 9.68. The second kappa shape index (κ2) is 56.2. The molecule has 0 saturated carbocycles. The lowest BCUT2D eigenvalue weighted by atomic mass is 10.0. The smallest absolute Gasteiger partial charge is 0.361 e. The molecule has 0 saturated heterocycles. The number of nitrogens with zero attached hydrogens (tertiary/aromatic N) is 1. The fourth-order valence-electron chi connectivity index (χ4n) is 8.86. The summed E-state index contributed by atoms with van der Waals surface area (Å²) < 4.78 is 22.7. The van der Waals surface area contributed by atoms with E-state index < -0.39 is 24.3 Å². The number of carbonyl (C=O) groups excluding carboxylic acids is 2. The van der Waals surface area contributed by atoms with Crippen molar-refractivity contribution in [1.29, 1.82) is 0 Å². The number of ether oxygens (including phenoxy) is 4. The van der Waals surface area contributed by atoms with E-state index in [4.69, 9.17) is 18.9 Å². The summed E-state index contributed by atoms with van der Waals surface area (Å²) in [6, 6.07) is 0. The number of likely N-dealkylation sites (N-methyl/N-ethyl adjacent to an activating group) is 1. The van der Waals surface area contributed by atoms with Crippen LogP contribution in [0.5, 0.6) is 0 Å². The summed E-state index contributed by atoms with van der Waals surface area (Å²) in [7, 11) is 5.94. The van der Waals surface area contributed by atoms with Crippen molar-refractivity contribution in [2.75, 3.05) is 47.5 Å². The molecule has 0 aromatic heterocycles. The van der Waals surface area contributed by atoms with Crippen LogP contribution in [0.3, 0.4) is 0 Å². The number of rotatable bonds is 57. The van der Waals surface area contributed by atoms with Crippen molar-refractivity contribution in [3.05, 3.63) is 60.8 Å². The van der Waals surface area contributed by atoms with Crippen molar-refractivity contribution < 1.29 is 42.9 Å². The van der Waals surface area contributed by atoms with Crippen molar-refractivity contribution in [2.45, 2.75) is 289 Å². The van der Waals surface area contributed by atoms with E-state index >= 15 is 0 Å². The Morgan fingerprint density at radius 3 is 1.09 bits per heavy atom. The number of carboxylic acids is 1. The highest BCUT2D eigenvalue weighted by atomic mass is 16.7. The Hall–Kier alpha value is -3.01. The molecule has 0 rings (SSSR count). The first-order chi connectivity index (χ1) is 36.1. The minimum absolute atomic E-state index is 0.0278. The first-order valence-corrected chi connectivity index (χ1v) is 31.0. The summed E-state index contributed by atoms with van der Waals surface area (Å²) in [4.78, 5) is 37.3. The van der Waals surface area contributed by atoms with Crippen LogP contribution in [0.15, 0.2) is 60.8 Å². The summed E-state index contributed by atoms with van der Waals surface area (Å²) in [5.74, 6) is -2.16. The minimum atomic E-state index is -1.54. The molecule has 74 heavy (non-hydrogen) atoms. The van der Waals surface area contributed by atoms with Gasteiger partial charge in [0.1, 0.15) is 13.2 Å². The Balaban J connectivity index is 4.05. The molecule has 430 valence electrons. The number of quaternary nitrogens is 1. The normalized spacial score (nSPS) is 13.1. The van der Waals surface area contributed by atoms with Gasteiger partial charge in [-0.2, -0.15) is 0 Å². The van der Waals surface area contributed by atoms with Crippen LogP contribution in [0.2, 0.25) is 0 Å². The van der Waals surface area contributed by atoms with E-state index in [9.17, 15) is 19.5 Å². The molecule has 0 heterocycles. The van der Waals surface area contributed by atoms with E-state index in [1.165, 1.54) is 199 Å². The van der Waals surface area contributed by atoms with Crippen LogP contribution in [-0.4, -0.2) is 87.4 Å². The van der Waals surface area contributed by atoms with Crippen LogP contribution in [0.4, 0.5) is 0 Å². The van der Waals surface area contributed by atoms with E-state index in [0.717, 1.165) is 44.9 Å². The Bertz CT molecular complexity index is 1400. The van der Waals surface area contributed by atoms with Gasteiger partial charge in [-0.1, -0.05) is 286 Å². The van der Waals surface area contributed by atoms with Gasteiger partial charge in [0.2, 0.25) is 0 Å². The van der Waals surface area contributed by atoms with Crippen molar-refractivity contribution in [1.82, 2.24) is 0 Å². The number of allylic oxidation sites excluding steroid dienone is 9. The van der Waals surface area contributed by atoms with Crippen LogP contribution in [-0.2, 0) is 33.3 Å². The molecule has 1 N–H and O–H groups in total. The molecule has 0 spiro atoms. The van der Waals surface area contributed by atoms with Gasteiger partial charge in [0.15, 0.2) is 6.10 Å². The maximum atomic E-state index is 12.8. The summed E-state index contributed by atoms with van der Waals surface area (Å²) in [5.41, 5.74) is 0. The Morgan fingerprint density at radius 1 is 0.419 bits per heavy atom. The van der Waals surface area contributed by atoms with Crippen LogP contribution in [0.25, 0.3) is 0 Å². The van der Waals surface area contributed by atoms with Crippen molar-refractivity contribution in [3.8, 4) is 0 Å². The van der Waals surface area contributed by atoms with E-state index in [-0.39, 0.29) is 38.6 Å². The summed E-state index contributed by atoms with van der Waals surface area (Å²) in [6.45, 7) is 4.68. The number of esters is 2. The zero-order chi connectivity index (χ0) is 54.1. The van der Waals surface area contributed by atoms with Crippen LogP contribution in [0, 0.1) is 0 Å². The molecule has 0 amide bonds. The van der Waals surface area contributed by atoms with Gasteiger partial charge in [0.25, 0.3) is 6.29 Å². The number of hydrogen-bond donors (Lipinski definition) is 1. The number of carboxylic acid groups (broad SMARTS) is 1. The third-order valence-corrected chi connectivity index (χ3v) is 13.6. The summed E-state index contributed by atoms with van der Waals surface area (Å²) in [6.07, 6.45) is 69.5. The van der Waals surface area contributed by atoms with Crippen LogP contribution in [0.1, 0.15) is 277 Å². The molecule has 0 fully saturated rings. The highest BCUT2D eigenvalue weighted by Crippen LogP contribution is 2.18. The largest absolute Gasteiger partial charge is 0.477 e. The molecule has 9 nitrogen and oxygen atoms in total. The molecule has 0 aliphatic heterocycles. The van der Waals surface area contributed by atoms with Crippen LogP contribution >= 0.6 is 0 Å². The van der Waals surface area contributed by atoms with Crippen molar-refractivity contribution in [2.24, 2.45) is 0 Å². The number of hydrogen-bond acceptors (Lipinski definition) is 7. The highest BCUT2D eigenvalue weighted by molar-refractivity contribution is 5.72. The average molecular weight is 1040 g/mol. The van der Waals surface area contributed by atoms with Gasteiger partial charge < -0.3 is 28.5 Å². The molecule has 0 aliphatic rings. The van der Waals surface area contributed by atoms with E-state index in [2.05, 4.69) is 56.4 Å². The maximum Gasteiger partial charge on any atom is 0.361 e. The molecule has 0 radical (unpaired) electrons. The second-order valence-electron chi connectivity index (χ2n) is 22.0. The van der Waals surface area contributed by atoms with Gasteiger partial charge in [-0.15, -0.1) is 0 Å². The fraction of sp³-hybridized carbons (Fsp3) is 0.800. The fourth-order valence-corrected chi connectivity index (χ4v) is 8.86. The molecule has 0 aromatic rings. The monoisotopic (exact) mass is 1040 g/mol. The Labute approximate surface area is 456 Å². The van der Waals surface area contributed by atoms with Crippen molar-refractivity contribution in [3.63, 3.8) is 0 Å². The lowest BCUT2D eigenvalue weighted by molar-refractivity contribution is -0.870. The molecule has 0 bridgehead atoms. The van der Waals surface area contributed by atoms with E-state index in [1.54, 1.807) is 6.08 Å². The summed E-state index contributed by atoms with van der Waals surface area (Å²) >= 11 is 0. The Morgan fingerprint density at radius 2 is 0.757 bits per heavy atom. The average Bonchev–Trinajstić information content (AvgIpc) is 3.37. The zero-order valence-electron chi connectivity index (χ0n) is 49.0. The van der Waals surface area contributed by atoms with Gasteiger partial charge in [0.05, 0.1) is 40.8 Å². The first kappa shape index (κ1) is 71.0. The minimum Gasteiger partial charge on any atom is -0.477 e. The molecule has 0 aliphatic carbocycles. The molecular weight excluding hydrogens is 923 g/mol. The maximum absolute atomic E-state index is 12.8. The predicted octanol–water partition coefficient (Wildman–Crippen LogP) is 18.4. The topological polar surface area (TPSA) is 108 Å². The lowest BCUT2D eigenvalue weighted by Gasteiger charge is -2.25.